The van der Waals surface area contributed by atoms with Crippen LogP contribution in [0.1, 0.15) is 90.9 Å². The molecule has 0 amide bonds. The van der Waals surface area contributed by atoms with E-state index in [4.69, 9.17) is 0 Å². The highest BCUT2D eigenvalue weighted by atomic mass is 32.1. The SMILES string of the molecule is CCCCCCCCCCCCCC(C)S. The number of hydrogen-bond acceptors (Lipinski definition) is 1. The fourth-order valence-electron chi connectivity index (χ4n) is 2.10. The average molecular weight is 244 g/mol. The number of unbranched alkanes of at least 4 members (excludes halogenated alkanes) is 10. The van der Waals surface area contributed by atoms with E-state index < -0.39 is 0 Å². The summed E-state index contributed by atoms with van der Waals surface area (Å²) in [5.41, 5.74) is 0. The third-order valence-electron chi connectivity index (χ3n) is 3.23. The molecular weight excluding hydrogens is 212 g/mol. The fraction of sp³-hybridized carbons (Fsp3) is 1.00. The van der Waals surface area contributed by atoms with Crippen LogP contribution in [0.3, 0.4) is 0 Å². The summed E-state index contributed by atoms with van der Waals surface area (Å²) in [4.78, 5) is 0. The molecule has 0 N–H and O–H groups in total. The minimum absolute atomic E-state index is 0.596. The van der Waals surface area contributed by atoms with E-state index in [9.17, 15) is 0 Å². The predicted octanol–water partition coefficient (Wildman–Crippen LogP) is 6.01. The van der Waals surface area contributed by atoms with E-state index in [-0.39, 0.29) is 0 Å². The van der Waals surface area contributed by atoms with Gasteiger partial charge in [-0.05, 0) is 11.7 Å². The van der Waals surface area contributed by atoms with E-state index in [1.807, 2.05) is 0 Å². The number of thiol groups is 1. The molecule has 0 rings (SSSR count). The van der Waals surface area contributed by atoms with Crippen LogP contribution in [0, 0.1) is 0 Å². The van der Waals surface area contributed by atoms with Crippen molar-refractivity contribution in [2.45, 2.75) is 96.1 Å². The Balaban J connectivity index is 2.88. The maximum absolute atomic E-state index is 4.40. The Morgan fingerprint density at radius 1 is 0.688 bits per heavy atom. The third-order valence-corrected chi connectivity index (χ3v) is 3.48. The zero-order chi connectivity index (χ0) is 12.1. The van der Waals surface area contributed by atoms with Gasteiger partial charge in [-0.1, -0.05) is 84.5 Å². The van der Waals surface area contributed by atoms with Gasteiger partial charge in [-0.3, -0.25) is 0 Å². The molecule has 0 fully saturated rings. The van der Waals surface area contributed by atoms with Crippen LogP contribution in [-0.4, -0.2) is 5.25 Å². The number of hydrogen-bond donors (Lipinski definition) is 1. The Morgan fingerprint density at radius 3 is 1.44 bits per heavy atom. The van der Waals surface area contributed by atoms with E-state index in [1.165, 1.54) is 77.0 Å². The van der Waals surface area contributed by atoms with Gasteiger partial charge in [0.15, 0.2) is 0 Å². The lowest BCUT2D eigenvalue weighted by Crippen LogP contribution is -1.90. The van der Waals surface area contributed by atoms with Crippen LogP contribution in [0.25, 0.3) is 0 Å². The minimum Gasteiger partial charge on any atom is -0.176 e. The molecule has 0 aromatic heterocycles. The smallest absolute Gasteiger partial charge is 0.00116 e. The zero-order valence-electron chi connectivity index (χ0n) is 11.5. The van der Waals surface area contributed by atoms with Crippen molar-refractivity contribution in [3.05, 3.63) is 0 Å². The van der Waals surface area contributed by atoms with Crippen LogP contribution in [0.4, 0.5) is 0 Å². The van der Waals surface area contributed by atoms with Gasteiger partial charge in [0, 0.05) is 0 Å². The lowest BCUT2D eigenvalue weighted by Gasteiger charge is -2.04. The van der Waals surface area contributed by atoms with Crippen molar-refractivity contribution in [3.8, 4) is 0 Å². The van der Waals surface area contributed by atoms with Crippen LogP contribution in [-0.2, 0) is 0 Å². The Bertz CT molecular complexity index is 121. The zero-order valence-corrected chi connectivity index (χ0v) is 12.4. The normalized spacial score (nSPS) is 12.9. The molecule has 98 valence electrons. The molecule has 0 heterocycles. The van der Waals surface area contributed by atoms with Crippen molar-refractivity contribution in [2.75, 3.05) is 0 Å². The lowest BCUT2D eigenvalue weighted by molar-refractivity contribution is 0.544. The van der Waals surface area contributed by atoms with Gasteiger partial charge in [-0.25, -0.2) is 0 Å². The van der Waals surface area contributed by atoms with E-state index in [0.717, 1.165) is 0 Å². The molecule has 0 aliphatic rings. The summed E-state index contributed by atoms with van der Waals surface area (Å²) < 4.78 is 0. The van der Waals surface area contributed by atoms with Gasteiger partial charge in [0.2, 0.25) is 0 Å². The fourth-order valence-corrected chi connectivity index (χ4v) is 2.29. The largest absolute Gasteiger partial charge is 0.176 e. The van der Waals surface area contributed by atoms with Crippen LogP contribution >= 0.6 is 12.6 Å². The van der Waals surface area contributed by atoms with Gasteiger partial charge in [0.05, 0.1) is 0 Å². The van der Waals surface area contributed by atoms with Crippen LogP contribution in [0.2, 0.25) is 0 Å². The van der Waals surface area contributed by atoms with Gasteiger partial charge < -0.3 is 0 Å². The van der Waals surface area contributed by atoms with Crippen LogP contribution in [0.5, 0.6) is 0 Å². The Labute approximate surface area is 109 Å². The summed E-state index contributed by atoms with van der Waals surface area (Å²) >= 11 is 4.40. The molecule has 0 spiro atoms. The summed E-state index contributed by atoms with van der Waals surface area (Å²) in [5.74, 6) is 0. The molecule has 0 aromatic carbocycles. The summed E-state index contributed by atoms with van der Waals surface area (Å²) in [6.45, 7) is 4.48. The highest BCUT2D eigenvalue weighted by molar-refractivity contribution is 7.80. The second kappa shape index (κ2) is 13.4. The molecule has 1 atom stereocenters. The Hall–Kier alpha value is 0.350. The monoisotopic (exact) mass is 244 g/mol. The molecule has 0 bridgehead atoms. The molecule has 0 aliphatic heterocycles. The topological polar surface area (TPSA) is 0 Å². The Kier molecular flexibility index (Phi) is 13.7. The molecule has 0 nitrogen and oxygen atoms in total. The summed E-state index contributed by atoms with van der Waals surface area (Å²) in [6.07, 6.45) is 17.1. The van der Waals surface area contributed by atoms with Crippen LogP contribution in [0.15, 0.2) is 0 Å². The third kappa shape index (κ3) is 14.4. The van der Waals surface area contributed by atoms with Crippen molar-refractivity contribution in [2.24, 2.45) is 0 Å². The van der Waals surface area contributed by atoms with E-state index in [0.29, 0.717) is 5.25 Å². The molecule has 0 radical (unpaired) electrons. The average Bonchev–Trinajstić information content (AvgIpc) is 2.25. The highest BCUT2D eigenvalue weighted by Crippen LogP contribution is 2.13. The van der Waals surface area contributed by atoms with Gasteiger partial charge in [-0.15, -0.1) is 0 Å². The van der Waals surface area contributed by atoms with E-state index >= 15 is 0 Å². The molecule has 0 saturated carbocycles. The van der Waals surface area contributed by atoms with Crippen molar-refractivity contribution >= 4 is 12.6 Å². The second-order valence-electron chi connectivity index (χ2n) is 5.17. The van der Waals surface area contributed by atoms with E-state index in [1.54, 1.807) is 0 Å². The second-order valence-corrected chi connectivity index (χ2v) is 6.05. The molecule has 1 unspecified atom stereocenters. The number of rotatable bonds is 12. The quantitative estimate of drug-likeness (QED) is 0.315. The van der Waals surface area contributed by atoms with Gasteiger partial charge in [-0.2, -0.15) is 12.6 Å². The van der Waals surface area contributed by atoms with Gasteiger partial charge >= 0.3 is 0 Å². The standard InChI is InChI=1S/C15H32S/c1-3-4-5-6-7-8-9-10-11-12-13-14-15(2)16/h15-16H,3-14H2,1-2H3. The first kappa shape index (κ1) is 16.4. The highest BCUT2D eigenvalue weighted by Gasteiger charge is 1.95. The molecule has 1 heteroatoms. The van der Waals surface area contributed by atoms with Crippen molar-refractivity contribution in [1.29, 1.82) is 0 Å². The predicted molar refractivity (Wildman–Crippen MR) is 79.5 cm³/mol. The summed E-state index contributed by atoms with van der Waals surface area (Å²) in [7, 11) is 0. The molecule has 0 aromatic rings. The maximum Gasteiger partial charge on any atom is -0.00116 e. The molecule has 16 heavy (non-hydrogen) atoms. The van der Waals surface area contributed by atoms with Crippen molar-refractivity contribution < 1.29 is 0 Å². The molecular formula is C15H32S. The van der Waals surface area contributed by atoms with Crippen molar-refractivity contribution in [1.82, 2.24) is 0 Å². The first-order valence-electron chi connectivity index (χ1n) is 7.45. The lowest BCUT2D eigenvalue weighted by atomic mass is 10.0. The van der Waals surface area contributed by atoms with E-state index in [2.05, 4.69) is 26.5 Å². The first-order valence-corrected chi connectivity index (χ1v) is 7.97. The summed E-state index contributed by atoms with van der Waals surface area (Å²) in [5, 5.41) is 0.596. The molecule has 0 saturated heterocycles. The first-order chi connectivity index (χ1) is 7.77. The van der Waals surface area contributed by atoms with Gasteiger partial charge in [0.1, 0.15) is 0 Å². The molecule has 0 aliphatic carbocycles. The summed E-state index contributed by atoms with van der Waals surface area (Å²) in [6, 6.07) is 0. The van der Waals surface area contributed by atoms with Gasteiger partial charge in [0.25, 0.3) is 0 Å². The van der Waals surface area contributed by atoms with Crippen molar-refractivity contribution in [3.63, 3.8) is 0 Å². The Morgan fingerprint density at radius 2 is 1.06 bits per heavy atom. The van der Waals surface area contributed by atoms with Crippen LogP contribution < -0.4 is 0 Å². The maximum atomic E-state index is 4.40. The minimum atomic E-state index is 0.596.